The molecule has 3 aromatic rings. The number of nitrogens with one attached hydrogen (secondary N) is 1. The zero-order valence-corrected chi connectivity index (χ0v) is 11.8. The molecule has 0 amide bonds. The second kappa shape index (κ2) is 4.92. The third-order valence-corrected chi connectivity index (χ3v) is 3.14. The smallest absolute Gasteiger partial charge is 0.163 e. The Balaban J connectivity index is 1.78. The number of aromatic nitrogens is 6. The first-order valence-electron chi connectivity index (χ1n) is 6.52. The van der Waals surface area contributed by atoms with Gasteiger partial charge < -0.3 is 5.32 Å². The molecule has 0 bridgehead atoms. The number of fused-ring (bicyclic) bond motifs is 1. The van der Waals surface area contributed by atoms with E-state index in [-0.39, 0.29) is 6.04 Å². The van der Waals surface area contributed by atoms with Crippen LogP contribution in [0.2, 0.25) is 0 Å². The van der Waals surface area contributed by atoms with Crippen molar-refractivity contribution in [1.29, 1.82) is 0 Å². The first-order chi connectivity index (χ1) is 9.63. The van der Waals surface area contributed by atoms with Gasteiger partial charge in [-0.25, -0.2) is 9.97 Å². The number of aryl methyl sites for hydroxylation is 2. The van der Waals surface area contributed by atoms with E-state index in [1.165, 1.54) is 0 Å². The molecule has 104 valence electrons. The molecule has 0 saturated heterocycles. The van der Waals surface area contributed by atoms with E-state index in [0.717, 1.165) is 29.0 Å². The highest BCUT2D eigenvalue weighted by atomic mass is 15.3. The highest BCUT2D eigenvalue weighted by Crippen LogP contribution is 2.18. The monoisotopic (exact) mass is 271 g/mol. The molecule has 3 heterocycles. The predicted molar refractivity (Wildman–Crippen MR) is 76.4 cm³/mol. The second-order valence-corrected chi connectivity index (χ2v) is 5.01. The van der Waals surface area contributed by atoms with E-state index in [2.05, 4.69) is 32.4 Å². The number of anilines is 1. The number of nitrogens with zero attached hydrogens (tertiary/aromatic N) is 6. The summed E-state index contributed by atoms with van der Waals surface area (Å²) in [7, 11) is 1.87. The van der Waals surface area contributed by atoms with Gasteiger partial charge in [-0.3, -0.25) is 9.36 Å². The van der Waals surface area contributed by atoms with Crippen molar-refractivity contribution in [1.82, 2.24) is 29.5 Å². The molecular formula is C13H17N7. The van der Waals surface area contributed by atoms with E-state index in [0.29, 0.717) is 0 Å². The van der Waals surface area contributed by atoms with Crippen molar-refractivity contribution < 1.29 is 0 Å². The SMILES string of the molecule is Cc1cnn(CC(C)Nc2ncnc3c2cnn3C)c1. The molecule has 0 spiro atoms. The fourth-order valence-electron chi connectivity index (χ4n) is 2.20. The lowest BCUT2D eigenvalue weighted by molar-refractivity contribution is 0.560. The molecule has 0 aliphatic carbocycles. The van der Waals surface area contributed by atoms with Crippen molar-refractivity contribution in [2.45, 2.75) is 26.4 Å². The van der Waals surface area contributed by atoms with Crippen molar-refractivity contribution >= 4 is 16.9 Å². The van der Waals surface area contributed by atoms with Gasteiger partial charge in [0.05, 0.1) is 24.3 Å². The first kappa shape index (κ1) is 12.6. The minimum Gasteiger partial charge on any atom is -0.365 e. The molecule has 7 heteroatoms. The van der Waals surface area contributed by atoms with Gasteiger partial charge in [-0.15, -0.1) is 0 Å². The number of hydrogen-bond acceptors (Lipinski definition) is 5. The summed E-state index contributed by atoms with van der Waals surface area (Å²) in [5, 5.41) is 12.8. The van der Waals surface area contributed by atoms with E-state index < -0.39 is 0 Å². The van der Waals surface area contributed by atoms with Gasteiger partial charge >= 0.3 is 0 Å². The molecule has 1 N–H and O–H groups in total. The normalized spacial score (nSPS) is 12.8. The van der Waals surface area contributed by atoms with Gasteiger partial charge in [0.15, 0.2) is 5.65 Å². The van der Waals surface area contributed by atoms with Crippen LogP contribution in [0.5, 0.6) is 0 Å². The third kappa shape index (κ3) is 2.34. The zero-order valence-electron chi connectivity index (χ0n) is 11.8. The summed E-state index contributed by atoms with van der Waals surface area (Å²) in [6, 6.07) is 0.201. The molecular weight excluding hydrogens is 254 g/mol. The summed E-state index contributed by atoms with van der Waals surface area (Å²) >= 11 is 0. The van der Waals surface area contributed by atoms with Gasteiger partial charge in [-0.1, -0.05) is 0 Å². The van der Waals surface area contributed by atoms with Gasteiger partial charge in [-0.05, 0) is 19.4 Å². The molecule has 3 rings (SSSR count). The lowest BCUT2D eigenvalue weighted by Crippen LogP contribution is -2.23. The first-order valence-corrected chi connectivity index (χ1v) is 6.52. The fourth-order valence-corrected chi connectivity index (χ4v) is 2.20. The summed E-state index contributed by atoms with van der Waals surface area (Å²) in [5.74, 6) is 0.805. The van der Waals surface area contributed by atoms with Crippen molar-refractivity contribution in [3.05, 3.63) is 30.5 Å². The summed E-state index contributed by atoms with van der Waals surface area (Å²) in [4.78, 5) is 8.53. The Morgan fingerprint density at radius 3 is 2.85 bits per heavy atom. The van der Waals surface area contributed by atoms with Crippen LogP contribution in [0.4, 0.5) is 5.82 Å². The zero-order chi connectivity index (χ0) is 14.1. The maximum absolute atomic E-state index is 4.30. The Morgan fingerprint density at radius 2 is 2.10 bits per heavy atom. The second-order valence-electron chi connectivity index (χ2n) is 5.01. The van der Waals surface area contributed by atoms with Crippen molar-refractivity contribution in [3.8, 4) is 0 Å². The van der Waals surface area contributed by atoms with Gasteiger partial charge in [0.2, 0.25) is 0 Å². The van der Waals surface area contributed by atoms with Crippen LogP contribution >= 0.6 is 0 Å². The van der Waals surface area contributed by atoms with Crippen molar-refractivity contribution in [3.63, 3.8) is 0 Å². The van der Waals surface area contributed by atoms with Crippen LogP contribution in [0, 0.1) is 6.92 Å². The van der Waals surface area contributed by atoms with E-state index in [4.69, 9.17) is 0 Å². The van der Waals surface area contributed by atoms with Gasteiger partial charge in [0.25, 0.3) is 0 Å². The third-order valence-electron chi connectivity index (χ3n) is 3.14. The Labute approximate surface area is 116 Å². The van der Waals surface area contributed by atoms with Gasteiger partial charge in [0.1, 0.15) is 12.1 Å². The lowest BCUT2D eigenvalue weighted by Gasteiger charge is -2.14. The summed E-state index contributed by atoms with van der Waals surface area (Å²) in [5.41, 5.74) is 1.98. The Bertz CT molecular complexity index is 727. The van der Waals surface area contributed by atoms with Crippen LogP contribution < -0.4 is 5.32 Å². The topological polar surface area (TPSA) is 73.5 Å². The molecule has 0 aliphatic heterocycles. The Kier molecular flexibility index (Phi) is 3.09. The lowest BCUT2D eigenvalue weighted by atomic mass is 10.3. The quantitative estimate of drug-likeness (QED) is 0.775. The van der Waals surface area contributed by atoms with E-state index in [9.17, 15) is 0 Å². The number of hydrogen-bond donors (Lipinski definition) is 1. The molecule has 0 aromatic carbocycles. The minimum absolute atomic E-state index is 0.201. The average Bonchev–Trinajstić information content (AvgIpc) is 2.98. The van der Waals surface area contributed by atoms with Gasteiger partial charge in [-0.2, -0.15) is 10.2 Å². The molecule has 0 aliphatic rings. The van der Waals surface area contributed by atoms with Crippen molar-refractivity contribution in [2.24, 2.45) is 7.05 Å². The van der Waals surface area contributed by atoms with E-state index in [1.807, 2.05) is 31.0 Å². The highest BCUT2D eigenvalue weighted by Gasteiger charge is 2.10. The summed E-state index contributed by atoms with van der Waals surface area (Å²) < 4.78 is 3.67. The molecule has 3 aromatic heterocycles. The molecule has 1 unspecified atom stereocenters. The molecule has 0 saturated carbocycles. The molecule has 7 nitrogen and oxygen atoms in total. The summed E-state index contributed by atoms with van der Waals surface area (Å²) in [6.07, 6.45) is 7.22. The molecule has 0 fully saturated rings. The predicted octanol–water partition coefficient (Wildman–Crippen LogP) is 1.37. The molecule has 20 heavy (non-hydrogen) atoms. The summed E-state index contributed by atoms with van der Waals surface area (Å²) in [6.45, 7) is 4.91. The van der Waals surface area contributed by atoms with E-state index in [1.54, 1.807) is 17.2 Å². The Morgan fingerprint density at radius 1 is 1.25 bits per heavy atom. The molecule has 0 radical (unpaired) electrons. The largest absolute Gasteiger partial charge is 0.365 e. The minimum atomic E-state index is 0.201. The van der Waals surface area contributed by atoms with Crippen LogP contribution in [-0.2, 0) is 13.6 Å². The van der Waals surface area contributed by atoms with Gasteiger partial charge in [0, 0.05) is 19.3 Å². The fraction of sp³-hybridized carbons (Fsp3) is 0.385. The number of rotatable bonds is 4. The van der Waals surface area contributed by atoms with Crippen molar-refractivity contribution in [2.75, 3.05) is 5.32 Å². The molecule has 1 atom stereocenters. The standard InChI is InChI=1S/C13H17N7/c1-9-4-17-20(6-9)7-10(2)18-12-11-5-16-19(3)13(11)15-8-14-12/h4-6,8,10H,7H2,1-3H3,(H,14,15,18). The van der Waals surface area contributed by atoms with Crippen LogP contribution in [0.25, 0.3) is 11.0 Å². The Hall–Kier alpha value is -2.44. The van der Waals surface area contributed by atoms with Crippen LogP contribution in [0.1, 0.15) is 12.5 Å². The maximum Gasteiger partial charge on any atom is 0.163 e. The van der Waals surface area contributed by atoms with Crippen LogP contribution in [0.15, 0.2) is 24.9 Å². The maximum atomic E-state index is 4.30. The highest BCUT2D eigenvalue weighted by molar-refractivity contribution is 5.86. The average molecular weight is 271 g/mol. The van der Waals surface area contributed by atoms with Crippen LogP contribution in [0.3, 0.4) is 0 Å². The van der Waals surface area contributed by atoms with Crippen LogP contribution in [-0.4, -0.2) is 35.6 Å². The van der Waals surface area contributed by atoms with E-state index >= 15 is 0 Å².